The number of rotatable bonds is 3. The van der Waals surface area contributed by atoms with Gasteiger partial charge in [-0.2, -0.15) is 5.10 Å². The van der Waals surface area contributed by atoms with Crippen LogP contribution in [-0.2, 0) is 29.5 Å². The van der Waals surface area contributed by atoms with Gasteiger partial charge < -0.3 is 14.5 Å². The van der Waals surface area contributed by atoms with E-state index in [4.69, 9.17) is 4.74 Å². The zero-order valence-corrected chi connectivity index (χ0v) is 23.2. The Balaban J connectivity index is 1.38. The van der Waals surface area contributed by atoms with Gasteiger partial charge in [0, 0.05) is 52.3 Å². The number of para-hydroxylation sites is 1. The Labute approximate surface area is 222 Å². The van der Waals surface area contributed by atoms with E-state index >= 15 is 0 Å². The van der Waals surface area contributed by atoms with E-state index < -0.39 is 0 Å². The lowest BCUT2D eigenvalue weighted by atomic mass is 9.73. The van der Waals surface area contributed by atoms with E-state index in [1.54, 1.807) is 0 Å². The number of ether oxygens (including phenoxy) is 1. The fourth-order valence-electron chi connectivity index (χ4n) is 6.14. The lowest BCUT2D eigenvalue weighted by Crippen LogP contribution is -2.48. The SMILES string of the molecule is Cc1nn(C)c(C)c1CCC(=O)N1CCC2(CCCCc3ccccc3OCCCC(=O)N(C)C2)CC1. The van der Waals surface area contributed by atoms with Crippen molar-refractivity contribution >= 4 is 11.8 Å². The first kappa shape index (κ1) is 27.2. The second-order valence-corrected chi connectivity index (χ2v) is 11.2. The molecule has 2 amide bonds. The quantitative estimate of drug-likeness (QED) is 0.607. The first-order valence-electron chi connectivity index (χ1n) is 14.0. The van der Waals surface area contributed by atoms with Crippen molar-refractivity contribution in [2.75, 3.05) is 33.3 Å². The Bertz CT molecular complexity index is 1080. The Morgan fingerprint density at radius 3 is 2.51 bits per heavy atom. The number of aromatic nitrogens is 2. The number of carbonyl (C=O) groups excluding carboxylic acids is 2. The van der Waals surface area contributed by atoms with Crippen molar-refractivity contribution in [2.45, 2.75) is 78.1 Å². The molecule has 202 valence electrons. The normalized spacial score (nSPS) is 19.3. The summed E-state index contributed by atoms with van der Waals surface area (Å²) in [5.41, 5.74) is 4.70. The van der Waals surface area contributed by atoms with Crippen molar-refractivity contribution in [1.82, 2.24) is 19.6 Å². The van der Waals surface area contributed by atoms with Crippen LogP contribution in [0.1, 0.15) is 73.9 Å². The molecule has 7 nitrogen and oxygen atoms in total. The van der Waals surface area contributed by atoms with Gasteiger partial charge in [0.25, 0.3) is 0 Å². The van der Waals surface area contributed by atoms with Gasteiger partial charge in [-0.25, -0.2) is 0 Å². The molecular weight excluding hydrogens is 464 g/mol. The summed E-state index contributed by atoms with van der Waals surface area (Å²) in [7, 11) is 3.90. The predicted molar refractivity (Wildman–Crippen MR) is 146 cm³/mol. The largest absolute Gasteiger partial charge is 0.493 e. The van der Waals surface area contributed by atoms with Crippen LogP contribution in [0, 0.1) is 19.3 Å². The van der Waals surface area contributed by atoms with Crippen LogP contribution in [0.25, 0.3) is 0 Å². The number of piperidine rings is 1. The third-order valence-electron chi connectivity index (χ3n) is 8.59. The van der Waals surface area contributed by atoms with E-state index in [0.29, 0.717) is 19.4 Å². The van der Waals surface area contributed by atoms with E-state index in [2.05, 4.69) is 24.2 Å². The maximum Gasteiger partial charge on any atom is 0.222 e. The molecule has 7 heteroatoms. The van der Waals surface area contributed by atoms with Crippen molar-refractivity contribution in [3.05, 3.63) is 46.8 Å². The minimum atomic E-state index is 0.0812. The zero-order valence-electron chi connectivity index (χ0n) is 23.2. The molecular formula is C30H44N4O3. The Kier molecular flexibility index (Phi) is 8.93. The van der Waals surface area contributed by atoms with Gasteiger partial charge in [0.15, 0.2) is 0 Å². The maximum absolute atomic E-state index is 13.1. The second kappa shape index (κ2) is 12.1. The summed E-state index contributed by atoms with van der Waals surface area (Å²) >= 11 is 0. The molecule has 1 saturated heterocycles. The number of hydrogen-bond donors (Lipinski definition) is 0. The Morgan fingerprint density at radius 2 is 1.78 bits per heavy atom. The molecule has 0 atom stereocenters. The number of benzene rings is 1. The fourth-order valence-corrected chi connectivity index (χ4v) is 6.14. The molecule has 1 fully saturated rings. The molecule has 1 aromatic carbocycles. The van der Waals surface area contributed by atoms with E-state index in [0.717, 1.165) is 88.1 Å². The molecule has 0 aliphatic carbocycles. The molecule has 1 spiro atoms. The van der Waals surface area contributed by atoms with Crippen LogP contribution in [0.4, 0.5) is 0 Å². The highest BCUT2D eigenvalue weighted by Crippen LogP contribution is 2.38. The maximum atomic E-state index is 13.1. The van der Waals surface area contributed by atoms with Crippen LogP contribution < -0.4 is 4.74 Å². The summed E-state index contributed by atoms with van der Waals surface area (Å²) in [6.45, 7) is 7.00. The Morgan fingerprint density at radius 1 is 1.03 bits per heavy atom. The van der Waals surface area contributed by atoms with Gasteiger partial charge >= 0.3 is 0 Å². The smallest absolute Gasteiger partial charge is 0.222 e. The first-order chi connectivity index (χ1) is 17.8. The highest BCUT2D eigenvalue weighted by Gasteiger charge is 2.37. The lowest BCUT2D eigenvalue weighted by molar-refractivity contribution is -0.136. The minimum absolute atomic E-state index is 0.0812. The number of carbonyl (C=O) groups is 2. The van der Waals surface area contributed by atoms with E-state index in [9.17, 15) is 9.59 Å². The topological polar surface area (TPSA) is 67.7 Å². The van der Waals surface area contributed by atoms with Gasteiger partial charge in [-0.1, -0.05) is 24.6 Å². The standard InChI is InChI=1S/C30H44N4O3/c1-23-26(24(2)33(4)31-23)14-15-29(36)34-19-17-30(18-20-34)16-8-7-11-25-10-5-6-12-27(25)37-21-9-13-28(35)32(3)22-30/h5-6,10,12H,7-9,11,13-22H2,1-4H3. The number of hydrogen-bond acceptors (Lipinski definition) is 4. The molecule has 2 aliphatic rings. The summed E-state index contributed by atoms with van der Waals surface area (Å²) < 4.78 is 7.91. The van der Waals surface area contributed by atoms with Gasteiger partial charge in [-0.05, 0) is 81.4 Å². The van der Waals surface area contributed by atoms with Crippen LogP contribution >= 0.6 is 0 Å². The van der Waals surface area contributed by atoms with Gasteiger partial charge in [0.05, 0.1) is 12.3 Å². The van der Waals surface area contributed by atoms with Crippen LogP contribution in [0.2, 0.25) is 0 Å². The molecule has 0 unspecified atom stereocenters. The molecule has 0 saturated carbocycles. The van der Waals surface area contributed by atoms with Crippen molar-refractivity contribution in [3.63, 3.8) is 0 Å². The highest BCUT2D eigenvalue weighted by atomic mass is 16.5. The van der Waals surface area contributed by atoms with E-state index in [1.165, 1.54) is 11.1 Å². The summed E-state index contributed by atoms with van der Waals surface area (Å²) in [5.74, 6) is 1.38. The monoisotopic (exact) mass is 508 g/mol. The van der Waals surface area contributed by atoms with Crippen molar-refractivity contribution < 1.29 is 14.3 Å². The second-order valence-electron chi connectivity index (χ2n) is 11.2. The summed E-state index contributed by atoms with van der Waals surface area (Å²) in [5, 5.41) is 4.49. The number of fused-ring (bicyclic) bond motifs is 1. The summed E-state index contributed by atoms with van der Waals surface area (Å²) in [4.78, 5) is 30.0. The highest BCUT2D eigenvalue weighted by molar-refractivity contribution is 5.77. The third-order valence-corrected chi connectivity index (χ3v) is 8.59. The minimum Gasteiger partial charge on any atom is -0.493 e. The van der Waals surface area contributed by atoms with Crippen molar-refractivity contribution in [3.8, 4) is 5.75 Å². The zero-order chi connectivity index (χ0) is 26.4. The van der Waals surface area contributed by atoms with Gasteiger partial charge in [-0.3, -0.25) is 14.3 Å². The lowest BCUT2D eigenvalue weighted by Gasteiger charge is -2.44. The van der Waals surface area contributed by atoms with Crippen LogP contribution in [0.3, 0.4) is 0 Å². The predicted octanol–water partition coefficient (Wildman–Crippen LogP) is 4.62. The number of nitrogens with zero attached hydrogens (tertiary/aromatic N) is 4. The van der Waals surface area contributed by atoms with Gasteiger partial charge in [0.2, 0.25) is 11.8 Å². The van der Waals surface area contributed by atoms with Gasteiger partial charge in [-0.15, -0.1) is 0 Å². The van der Waals surface area contributed by atoms with Crippen LogP contribution in [-0.4, -0.2) is 64.7 Å². The average molecular weight is 509 g/mol. The number of aryl methyl sites for hydroxylation is 3. The molecule has 0 N–H and O–H groups in total. The molecule has 37 heavy (non-hydrogen) atoms. The molecule has 2 aliphatic heterocycles. The average Bonchev–Trinajstić information content (AvgIpc) is 3.13. The summed E-state index contributed by atoms with van der Waals surface area (Å²) in [6, 6.07) is 8.30. The first-order valence-corrected chi connectivity index (χ1v) is 14.0. The van der Waals surface area contributed by atoms with E-state index in [1.807, 2.05) is 47.6 Å². The Hall–Kier alpha value is -2.83. The van der Waals surface area contributed by atoms with Crippen LogP contribution in [0.5, 0.6) is 5.75 Å². The molecule has 4 rings (SSSR count). The molecule has 0 radical (unpaired) electrons. The fraction of sp³-hybridized carbons (Fsp3) is 0.633. The molecule has 0 bridgehead atoms. The number of amides is 2. The molecule has 3 heterocycles. The molecule has 1 aromatic heterocycles. The summed E-state index contributed by atoms with van der Waals surface area (Å²) in [6.07, 6.45) is 8.74. The third kappa shape index (κ3) is 6.74. The van der Waals surface area contributed by atoms with Crippen molar-refractivity contribution in [2.24, 2.45) is 12.5 Å². The number of likely N-dealkylation sites (tertiary alicyclic amines) is 1. The van der Waals surface area contributed by atoms with E-state index in [-0.39, 0.29) is 17.2 Å². The van der Waals surface area contributed by atoms with Gasteiger partial charge in [0.1, 0.15) is 5.75 Å². The van der Waals surface area contributed by atoms with Crippen molar-refractivity contribution in [1.29, 1.82) is 0 Å². The van der Waals surface area contributed by atoms with Crippen LogP contribution in [0.15, 0.2) is 24.3 Å². The molecule has 2 aromatic rings.